The summed E-state index contributed by atoms with van der Waals surface area (Å²) in [5.74, 6) is 0.450. The van der Waals surface area contributed by atoms with Gasteiger partial charge in [0.1, 0.15) is 0 Å². The Morgan fingerprint density at radius 1 is 1.07 bits per heavy atom. The number of hydrogen-bond acceptors (Lipinski definition) is 2. The molecule has 1 aliphatic rings. The van der Waals surface area contributed by atoms with Crippen molar-refractivity contribution in [1.82, 2.24) is 10.2 Å². The molecule has 0 spiro atoms. The summed E-state index contributed by atoms with van der Waals surface area (Å²) in [4.78, 5) is 26.7. The minimum Gasteiger partial charge on any atom is -0.352 e. The molecule has 1 atom stereocenters. The Labute approximate surface area is 173 Å². The van der Waals surface area contributed by atoms with Gasteiger partial charge in [0.25, 0.3) is 0 Å². The van der Waals surface area contributed by atoms with Crippen molar-refractivity contribution >= 4 is 17.6 Å². The standard InChI is InChI=1S/C24H31N3O2/c1-18-9-12-22(13-10-18)26-24(29)27-15-5-7-20(17-27)11-14-23(28)25-16-21-8-4-3-6-19(21)2/h3-4,6,8-10,12-13,20H,5,7,11,14-17H2,1-2H3,(H,25,28)(H,26,29)/t20-/m0/s1. The molecule has 0 radical (unpaired) electrons. The molecule has 1 aliphatic heterocycles. The number of urea groups is 1. The molecule has 0 unspecified atom stereocenters. The first-order valence-corrected chi connectivity index (χ1v) is 10.4. The molecule has 2 aromatic rings. The second-order valence-electron chi connectivity index (χ2n) is 7.99. The number of benzene rings is 2. The molecule has 29 heavy (non-hydrogen) atoms. The summed E-state index contributed by atoms with van der Waals surface area (Å²) in [6.07, 6.45) is 3.37. The van der Waals surface area contributed by atoms with Crippen molar-refractivity contribution in [3.63, 3.8) is 0 Å². The second kappa shape index (κ2) is 10.1. The van der Waals surface area contributed by atoms with Crippen LogP contribution < -0.4 is 10.6 Å². The van der Waals surface area contributed by atoms with Crippen LogP contribution in [0.25, 0.3) is 0 Å². The van der Waals surface area contributed by atoms with Gasteiger partial charge in [0, 0.05) is 31.7 Å². The summed E-state index contributed by atoms with van der Waals surface area (Å²) in [6.45, 7) is 6.13. The minimum atomic E-state index is -0.0532. The topological polar surface area (TPSA) is 61.4 Å². The number of carbonyl (C=O) groups excluding carboxylic acids is 2. The number of rotatable bonds is 6. The molecule has 2 N–H and O–H groups in total. The molecule has 5 heteroatoms. The number of nitrogens with one attached hydrogen (secondary N) is 2. The van der Waals surface area contributed by atoms with Gasteiger partial charge in [-0.05, 0) is 62.3 Å². The van der Waals surface area contributed by atoms with Gasteiger partial charge in [0.05, 0.1) is 0 Å². The van der Waals surface area contributed by atoms with E-state index in [1.165, 1.54) is 11.1 Å². The van der Waals surface area contributed by atoms with Crippen LogP contribution in [0.15, 0.2) is 48.5 Å². The molecule has 154 valence electrons. The van der Waals surface area contributed by atoms with Crippen LogP contribution in [0, 0.1) is 19.8 Å². The van der Waals surface area contributed by atoms with Crippen LogP contribution in [0.3, 0.4) is 0 Å². The second-order valence-corrected chi connectivity index (χ2v) is 7.99. The zero-order valence-corrected chi connectivity index (χ0v) is 17.4. The number of anilines is 1. The molecule has 1 heterocycles. The fourth-order valence-corrected chi connectivity index (χ4v) is 3.75. The monoisotopic (exact) mass is 393 g/mol. The Bertz CT molecular complexity index is 832. The molecule has 3 amide bonds. The van der Waals surface area contributed by atoms with Crippen LogP contribution in [0.4, 0.5) is 10.5 Å². The van der Waals surface area contributed by atoms with Crippen LogP contribution in [0.2, 0.25) is 0 Å². The van der Waals surface area contributed by atoms with Crippen molar-refractivity contribution in [2.24, 2.45) is 5.92 Å². The Kier molecular flexibility index (Phi) is 7.28. The van der Waals surface area contributed by atoms with Crippen molar-refractivity contribution in [3.05, 3.63) is 65.2 Å². The smallest absolute Gasteiger partial charge is 0.321 e. The molecular weight excluding hydrogens is 362 g/mol. The number of piperidine rings is 1. The van der Waals surface area contributed by atoms with Crippen LogP contribution in [-0.2, 0) is 11.3 Å². The van der Waals surface area contributed by atoms with E-state index in [4.69, 9.17) is 0 Å². The van der Waals surface area contributed by atoms with Crippen molar-refractivity contribution in [2.45, 2.75) is 46.1 Å². The van der Waals surface area contributed by atoms with Crippen LogP contribution in [0.1, 0.15) is 42.4 Å². The predicted molar refractivity (Wildman–Crippen MR) is 117 cm³/mol. The lowest BCUT2D eigenvalue weighted by molar-refractivity contribution is -0.121. The molecule has 0 saturated carbocycles. The summed E-state index contributed by atoms with van der Waals surface area (Å²) >= 11 is 0. The summed E-state index contributed by atoms with van der Waals surface area (Å²) in [5, 5.41) is 5.99. The highest BCUT2D eigenvalue weighted by Gasteiger charge is 2.24. The maximum atomic E-state index is 12.6. The third kappa shape index (κ3) is 6.34. The molecule has 2 aromatic carbocycles. The molecular formula is C24H31N3O2. The zero-order chi connectivity index (χ0) is 20.6. The van der Waals surface area contributed by atoms with Gasteiger partial charge < -0.3 is 15.5 Å². The number of carbonyl (C=O) groups is 2. The summed E-state index contributed by atoms with van der Waals surface area (Å²) < 4.78 is 0. The van der Waals surface area contributed by atoms with E-state index < -0.39 is 0 Å². The SMILES string of the molecule is Cc1ccc(NC(=O)N2CCC[C@@H](CCC(=O)NCc3ccccc3C)C2)cc1. The molecule has 0 aliphatic carbocycles. The van der Waals surface area contributed by atoms with Gasteiger partial charge in [-0.1, -0.05) is 42.0 Å². The highest BCUT2D eigenvalue weighted by molar-refractivity contribution is 5.89. The van der Waals surface area contributed by atoms with Crippen molar-refractivity contribution in [3.8, 4) is 0 Å². The van der Waals surface area contributed by atoms with Gasteiger partial charge in [-0.2, -0.15) is 0 Å². The molecule has 5 nitrogen and oxygen atoms in total. The third-order valence-corrected chi connectivity index (χ3v) is 5.63. The lowest BCUT2D eigenvalue weighted by atomic mass is 9.93. The molecule has 0 aromatic heterocycles. The average molecular weight is 394 g/mol. The first-order chi connectivity index (χ1) is 14.0. The fourth-order valence-electron chi connectivity index (χ4n) is 3.75. The summed E-state index contributed by atoms with van der Waals surface area (Å²) in [5.41, 5.74) is 4.33. The van der Waals surface area contributed by atoms with E-state index in [-0.39, 0.29) is 11.9 Å². The van der Waals surface area contributed by atoms with E-state index in [2.05, 4.69) is 23.6 Å². The number of hydrogen-bond donors (Lipinski definition) is 2. The Morgan fingerprint density at radius 3 is 2.59 bits per heavy atom. The van der Waals surface area contributed by atoms with Crippen LogP contribution >= 0.6 is 0 Å². The summed E-state index contributed by atoms with van der Waals surface area (Å²) in [7, 11) is 0. The lowest BCUT2D eigenvalue weighted by Crippen LogP contribution is -2.42. The van der Waals surface area contributed by atoms with Gasteiger partial charge in [-0.25, -0.2) is 4.79 Å². The van der Waals surface area contributed by atoms with E-state index in [0.29, 0.717) is 25.4 Å². The van der Waals surface area contributed by atoms with Crippen LogP contribution in [0.5, 0.6) is 0 Å². The molecule has 0 bridgehead atoms. The van der Waals surface area contributed by atoms with E-state index in [1.807, 2.05) is 54.3 Å². The Balaban J connectivity index is 1.42. The average Bonchev–Trinajstić information content (AvgIpc) is 2.73. The maximum Gasteiger partial charge on any atom is 0.321 e. The van der Waals surface area contributed by atoms with E-state index in [9.17, 15) is 9.59 Å². The maximum absolute atomic E-state index is 12.6. The summed E-state index contributed by atoms with van der Waals surface area (Å²) in [6, 6.07) is 15.9. The zero-order valence-electron chi connectivity index (χ0n) is 17.4. The molecule has 1 saturated heterocycles. The Morgan fingerprint density at radius 2 is 1.83 bits per heavy atom. The lowest BCUT2D eigenvalue weighted by Gasteiger charge is -2.32. The first kappa shape index (κ1) is 20.9. The normalized spacial score (nSPS) is 16.3. The number of likely N-dealkylation sites (tertiary alicyclic amines) is 1. The van der Waals surface area contributed by atoms with Gasteiger partial charge >= 0.3 is 6.03 Å². The quantitative estimate of drug-likeness (QED) is 0.751. The Hall–Kier alpha value is -2.82. The predicted octanol–water partition coefficient (Wildman–Crippen LogP) is 4.64. The fraction of sp³-hybridized carbons (Fsp3) is 0.417. The third-order valence-electron chi connectivity index (χ3n) is 5.63. The van der Waals surface area contributed by atoms with Crippen molar-refractivity contribution in [2.75, 3.05) is 18.4 Å². The largest absolute Gasteiger partial charge is 0.352 e. The van der Waals surface area contributed by atoms with E-state index >= 15 is 0 Å². The van der Waals surface area contributed by atoms with Crippen molar-refractivity contribution in [1.29, 1.82) is 0 Å². The van der Waals surface area contributed by atoms with Gasteiger partial charge in [-0.15, -0.1) is 0 Å². The van der Waals surface area contributed by atoms with E-state index in [0.717, 1.165) is 37.1 Å². The van der Waals surface area contributed by atoms with Gasteiger partial charge in [0.15, 0.2) is 0 Å². The number of amides is 3. The first-order valence-electron chi connectivity index (χ1n) is 10.4. The molecule has 1 fully saturated rings. The molecule has 3 rings (SSSR count). The van der Waals surface area contributed by atoms with Gasteiger partial charge in [-0.3, -0.25) is 4.79 Å². The highest BCUT2D eigenvalue weighted by atomic mass is 16.2. The van der Waals surface area contributed by atoms with Crippen LogP contribution in [-0.4, -0.2) is 29.9 Å². The minimum absolute atomic E-state index is 0.0532. The number of nitrogens with zero attached hydrogens (tertiary/aromatic N) is 1. The van der Waals surface area contributed by atoms with Crippen molar-refractivity contribution < 1.29 is 9.59 Å². The number of aryl methyl sites for hydroxylation is 2. The van der Waals surface area contributed by atoms with E-state index in [1.54, 1.807) is 0 Å². The van der Waals surface area contributed by atoms with Gasteiger partial charge in [0.2, 0.25) is 5.91 Å². The highest BCUT2D eigenvalue weighted by Crippen LogP contribution is 2.22.